The lowest BCUT2D eigenvalue weighted by atomic mass is 9.82. The van der Waals surface area contributed by atoms with E-state index in [0.29, 0.717) is 42.1 Å². The quantitative estimate of drug-likeness (QED) is 0.0710. The second kappa shape index (κ2) is 18.4. The molecule has 4 N–H and O–H groups in total. The minimum Gasteiger partial charge on any atom is -0.481 e. The number of nitrogens with one attached hydrogen (secondary N) is 2. The molecular formula is C30H44N2O10S3. The van der Waals surface area contributed by atoms with Crippen molar-refractivity contribution in [2.45, 2.75) is 83.6 Å². The first kappa shape index (κ1) is 38.4. The number of hydrogen-bond donors (Lipinski definition) is 4. The highest BCUT2D eigenvalue weighted by atomic mass is 33.1. The summed E-state index contributed by atoms with van der Waals surface area (Å²) in [6.07, 6.45) is 1.71. The van der Waals surface area contributed by atoms with Gasteiger partial charge in [0.25, 0.3) is 0 Å². The Kier molecular flexibility index (Phi) is 15.7. The fraction of sp³-hybridized carbons (Fsp3) is 0.633. The van der Waals surface area contributed by atoms with E-state index in [9.17, 15) is 38.4 Å². The first-order chi connectivity index (χ1) is 21.2. The van der Waals surface area contributed by atoms with Crippen molar-refractivity contribution in [3.05, 3.63) is 35.9 Å². The van der Waals surface area contributed by atoms with E-state index >= 15 is 0 Å². The first-order valence-electron chi connectivity index (χ1n) is 14.7. The molecule has 1 saturated carbocycles. The molecule has 0 spiro atoms. The molecule has 2 rings (SSSR count). The minimum atomic E-state index is -2.02. The summed E-state index contributed by atoms with van der Waals surface area (Å²) < 4.78 is 22.0. The molecule has 1 aliphatic rings. The Morgan fingerprint density at radius 1 is 1.02 bits per heavy atom. The number of carboxylic acid groups (broad SMARTS) is 2. The van der Waals surface area contributed by atoms with E-state index in [1.54, 1.807) is 50.4 Å². The van der Waals surface area contributed by atoms with Crippen molar-refractivity contribution in [2.75, 3.05) is 23.5 Å². The predicted molar refractivity (Wildman–Crippen MR) is 174 cm³/mol. The van der Waals surface area contributed by atoms with Crippen molar-refractivity contribution in [1.29, 1.82) is 0 Å². The van der Waals surface area contributed by atoms with Gasteiger partial charge in [-0.1, -0.05) is 78.6 Å². The zero-order chi connectivity index (χ0) is 33.6. The van der Waals surface area contributed by atoms with E-state index in [0.717, 1.165) is 12.8 Å². The summed E-state index contributed by atoms with van der Waals surface area (Å²) in [6.45, 7) is 4.75. The van der Waals surface area contributed by atoms with E-state index in [4.69, 9.17) is 9.47 Å². The van der Waals surface area contributed by atoms with Crippen LogP contribution in [0.5, 0.6) is 0 Å². The maximum Gasteiger partial charge on any atom is 0.410 e. The molecule has 0 aromatic heterocycles. The smallest absolute Gasteiger partial charge is 0.410 e. The molecule has 4 unspecified atom stereocenters. The van der Waals surface area contributed by atoms with Crippen LogP contribution in [-0.2, 0) is 45.9 Å². The summed E-state index contributed by atoms with van der Waals surface area (Å²) in [7, 11) is 1.70. The lowest BCUT2D eigenvalue weighted by Crippen LogP contribution is -2.60. The van der Waals surface area contributed by atoms with Crippen LogP contribution in [0.1, 0.15) is 64.9 Å². The number of carboxylic acids is 2. The summed E-state index contributed by atoms with van der Waals surface area (Å²) in [5, 5.41) is 25.2. The van der Waals surface area contributed by atoms with E-state index in [2.05, 4.69) is 10.6 Å². The number of hydrogen-bond acceptors (Lipinski definition) is 10. The average Bonchev–Trinajstić information content (AvgIpc) is 3.44. The second-order valence-electron chi connectivity index (χ2n) is 11.6. The molecule has 1 aromatic carbocycles. The Morgan fingerprint density at radius 2 is 1.67 bits per heavy atom. The maximum absolute atomic E-state index is 13.8. The minimum absolute atomic E-state index is 0.184. The molecule has 12 nitrogen and oxygen atoms in total. The third-order valence-electron chi connectivity index (χ3n) is 7.40. The predicted octanol–water partition coefficient (Wildman–Crippen LogP) is 3.99. The van der Waals surface area contributed by atoms with Gasteiger partial charge in [0, 0.05) is 53.7 Å². The highest BCUT2D eigenvalue weighted by Crippen LogP contribution is 2.44. The lowest BCUT2D eigenvalue weighted by molar-refractivity contribution is -0.168. The van der Waals surface area contributed by atoms with Crippen molar-refractivity contribution >= 4 is 62.3 Å². The van der Waals surface area contributed by atoms with Crippen molar-refractivity contribution in [1.82, 2.24) is 10.6 Å². The van der Waals surface area contributed by atoms with Gasteiger partial charge < -0.3 is 30.3 Å². The zero-order valence-electron chi connectivity index (χ0n) is 26.1. The van der Waals surface area contributed by atoms with Crippen LogP contribution in [0.4, 0.5) is 4.79 Å². The molecule has 45 heavy (non-hydrogen) atoms. The van der Waals surface area contributed by atoms with Crippen LogP contribution in [0.15, 0.2) is 30.3 Å². The summed E-state index contributed by atoms with van der Waals surface area (Å²) in [5.74, 6) is -3.06. The Hall–Kier alpha value is -2.78. The number of carbonyl (C=O) groups excluding carboxylic acids is 3. The van der Waals surface area contributed by atoms with Crippen molar-refractivity contribution in [3.8, 4) is 0 Å². The van der Waals surface area contributed by atoms with Gasteiger partial charge in [-0.15, -0.1) is 0 Å². The van der Waals surface area contributed by atoms with Gasteiger partial charge in [0.1, 0.15) is 0 Å². The number of alkyl carbamates (subject to hydrolysis) is 1. The summed E-state index contributed by atoms with van der Waals surface area (Å²) in [4.78, 5) is 62.3. The van der Waals surface area contributed by atoms with Crippen molar-refractivity contribution in [2.24, 2.45) is 11.3 Å². The number of rotatable bonds is 19. The number of amides is 2. The molecule has 1 fully saturated rings. The van der Waals surface area contributed by atoms with Crippen LogP contribution >= 0.6 is 21.6 Å². The normalized spacial score (nSPS) is 17.4. The highest BCUT2D eigenvalue weighted by molar-refractivity contribution is 8.76. The monoisotopic (exact) mass is 688 g/mol. The molecule has 4 atom stereocenters. The molecule has 1 aliphatic carbocycles. The second-order valence-corrected chi connectivity index (χ2v) is 15.6. The van der Waals surface area contributed by atoms with Gasteiger partial charge in [0.2, 0.25) is 12.2 Å². The van der Waals surface area contributed by atoms with Crippen LogP contribution in [0.2, 0.25) is 0 Å². The fourth-order valence-electron chi connectivity index (χ4n) is 4.86. The molecule has 252 valence electrons. The third kappa shape index (κ3) is 12.9. The van der Waals surface area contributed by atoms with Crippen molar-refractivity contribution in [3.63, 3.8) is 0 Å². The molecule has 0 heterocycles. The largest absolute Gasteiger partial charge is 0.481 e. The first-order valence-corrected chi connectivity index (χ1v) is 18.9. The number of benzene rings is 1. The van der Waals surface area contributed by atoms with Gasteiger partial charge >= 0.3 is 24.0 Å². The topological polar surface area (TPSA) is 185 Å². The standard InChI is InChI=1S/C30H44N2O10S3/c1-20(2)25(35)41-21(3)42-28(39)31-23(12-15-45(4)40)18-43-44-19-29(13-8-9-14-29)26(36)32-30(27(37)38,17-24(33)34)16-22-10-6-5-7-11-22/h5-7,10-11,20-21,23H,8-9,12-19H2,1-4H3,(H,31,39)(H,32,36)(H,33,34)(H,37,38). The number of ether oxygens (including phenoxy) is 2. The molecule has 0 saturated heterocycles. The fourth-order valence-corrected chi connectivity index (χ4v) is 8.43. The van der Waals surface area contributed by atoms with E-state index in [-0.39, 0.29) is 12.3 Å². The van der Waals surface area contributed by atoms with Crippen LogP contribution in [0.3, 0.4) is 0 Å². The van der Waals surface area contributed by atoms with E-state index in [1.165, 1.54) is 28.5 Å². The summed E-state index contributed by atoms with van der Waals surface area (Å²) >= 11 is 0. The van der Waals surface area contributed by atoms with Gasteiger partial charge in [-0.2, -0.15) is 0 Å². The molecule has 1 aromatic rings. The Bertz CT molecular complexity index is 1190. The number of aliphatic carboxylic acids is 2. The van der Waals surface area contributed by atoms with Gasteiger partial charge in [0.05, 0.1) is 17.8 Å². The zero-order valence-corrected chi connectivity index (χ0v) is 28.5. The highest BCUT2D eigenvalue weighted by Gasteiger charge is 2.48. The summed E-state index contributed by atoms with van der Waals surface area (Å²) in [6, 6.07) is 8.16. The molecule has 0 radical (unpaired) electrons. The number of carbonyl (C=O) groups is 5. The average molecular weight is 689 g/mol. The summed E-state index contributed by atoms with van der Waals surface area (Å²) in [5.41, 5.74) is -2.33. The van der Waals surface area contributed by atoms with Gasteiger partial charge in [-0.25, -0.2) is 9.59 Å². The number of esters is 1. The van der Waals surface area contributed by atoms with Gasteiger partial charge in [0.15, 0.2) is 5.54 Å². The third-order valence-corrected chi connectivity index (χ3v) is 10.8. The maximum atomic E-state index is 13.8. The van der Waals surface area contributed by atoms with Gasteiger partial charge in [-0.05, 0) is 24.8 Å². The molecule has 0 aliphatic heterocycles. The lowest BCUT2D eigenvalue weighted by Gasteiger charge is -2.35. The molecule has 2 amide bonds. The van der Waals surface area contributed by atoms with Crippen LogP contribution in [0.25, 0.3) is 0 Å². The van der Waals surface area contributed by atoms with Crippen LogP contribution in [-0.4, -0.2) is 85.7 Å². The Balaban J connectivity index is 2.08. The van der Waals surface area contributed by atoms with Crippen LogP contribution < -0.4 is 10.6 Å². The van der Waals surface area contributed by atoms with Crippen LogP contribution in [0, 0.1) is 11.3 Å². The Morgan fingerprint density at radius 3 is 2.22 bits per heavy atom. The van der Waals surface area contributed by atoms with Gasteiger partial charge in [-0.3, -0.25) is 18.6 Å². The molecule has 0 bridgehead atoms. The van der Waals surface area contributed by atoms with Crippen molar-refractivity contribution < 1.29 is 47.9 Å². The van der Waals surface area contributed by atoms with E-state index in [1.807, 2.05) is 0 Å². The SMILES string of the molecule is CC(OC(=O)NC(CCS(C)=O)CSSCC1(C(=O)NC(CC(=O)O)(Cc2ccccc2)C(=O)O)CCCC1)OC(=O)C(C)C. The molecule has 15 heteroatoms. The Labute approximate surface area is 274 Å². The molecular weight excluding hydrogens is 645 g/mol. The van der Waals surface area contributed by atoms with E-state index < -0.39 is 70.4 Å².